The molecule has 0 aromatic rings. The molecule has 1 aliphatic carbocycles. The van der Waals surface area contributed by atoms with E-state index in [2.05, 4.69) is 46.4 Å². The number of ether oxygens (including phenoxy) is 1. The minimum Gasteiger partial charge on any atom is -0.382 e. The zero-order valence-electron chi connectivity index (χ0n) is 20.2. The van der Waals surface area contributed by atoms with E-state index in [0.717, 1.165) is 26.1 Å². The summed E-state index contributed by atoms with van der Waals surface area (Å²) in [6.07, 6.45) is 8.59. The van der Waals surface area contributed by atoms with Gasteiger partial charge in [0.25, 0.3) is 0 Å². The van der Waals surface area contributed by atoms with Crippen LogP contribution in [0.2, 0.25) is 0 Å². The summed E-state index contributed by atoms with van der Waals surface area (Å²) >= 11 is 0. The number of nitrogens with zero attached hydrogens (tertiary/aromatic N) is 1. The zero-order chi connectivity index (χ0) is 23.6. The molecule has 1 aliphatic rings. The molecule has 3 nitrogen and oxygen atoms in total. The van der Waals surface area contributed by atoms with Crippen molar-refractivity contribution >= 4 is 7.54 Å². The quantitative estimate of drug-likeness (QED) is 0.265. The third-order valence-electron chi connectivity index (χ3n) is 4.10. The Morgan fingerprint density at radius 1 is 0.931 bits per heavy atom. The number of rotatable bonds is 7. The molecule has 0 heterocycles. The molecule has 0 unspecified atom stereocenters. The third-order valence-corrected chi connectivity index (χ3v) is 4.10. The fourth-order valence-electron chi connectivity index (χ4n) is 2.27. The van der Waals surface area contributed by atoms with E-state index in [1.165, 1.54) is 32.1 Å². The van der Waals surface area contributed by atoms with Crippen LogP contribution in [-0.4, -0.2) is 32.8 Å². The first-order valence-electron chi connectivity index (χ1n) is 10.7. The summed E-state index contributed by atoms with van der Waals surface area (Å²) in [6, 6.07) is 0. The van der Waals surface area contributed by atoms with Gasteiger partial charge in [0.05, 0.1) is 0 Å². The summed E-state index contributed by atoms with van der Waals surface area (Å²) in [5.41, 5.74) is 7.14. The van der Waals surface area contributed by atoms with Crippen LogP contribution in [0.1, 0.15) is 100 Å². The molecule has 0 radical (unpaired) electrons. The highest BCUT2D eigenvalue weighted by Crippen LogP contribution is 2.38. The highest BCUT2D eigenvalue weighted by Gasteiger charge is 2.37. The first kappa shape index (κ1) is 32.9. The van der Waals surface area contributed by atoms with E-state index < -0.39 is 7.54 Å². The molecule has 0 bridgehead atoms. The molecule has 0 spiro atoms. The van der Waals surface area contributed by atoms with Gasteiger partial charge < -0.3 is 15.3 Å². The Balaban J connectivity index is -0.000000337. The Labute approximate surface area is 179 Å². The van der Waals surface area contributed by atoms with Crippen molar-refractivity contribution in [3.05, 3.63) is 11.4 Å². The van der Waals surface area contributed by atoms with Crippen LogP contribution >= 0.6 is 0 Å². The van der Waals surface area contributed by atoms with Gasteiger partial charge in [-0.15, -0.1) is 0 Å². The van der Waals surface area contributed by atoms with Gasteiger partial charge in [-0.05, 0) is 56.8 Å². The smallest absolute Gasteiger partial charge is 0.382 e. The maximum Gasteiger partial charge on any atom is 0.762 e. The van der Waals surface area contributed by atoms with Crippen LogP contribution in [0, 0.1) is 17.4 Å². The molecule has 1 saturated carbocycles. The molecule has 0 aromatic carbocycles. The van der Waals surface area contributed by atoms with Gasteiger partial charge in [0, 0.05) is 25.2 Å². The van der Waals surface area contributed by atoms with Crippen molar-refractivity contribution in [1.29, 1.82) is 0 Å². The lowest BCUT2D eigenvalue weighted by Gasteiger charge is -2.18. The highest BCUT2D eigenvalue weighted by atomic mass is 19.4. The van der Waals surface area contributed by atoms with Crippen LogP contribution in [0.5, 0.6) is 0 Å². The number of hydrogen-bond acceptors (Lipinski definition) is 2. The van der Waals surface area contributed by atoms with Crippen molar-refractivity contribution in [2.24, 2.45) is 16.6 Å². The van der Waals surface area contributed by atoms with Crippen molar-refractivity contribution in [1.82, 2.24) is 0 Å². The Kier molecular flexibility index (Phi) is 20.5. The largest absolute Gasteiger partial charge is 0.762 e. The molecule has 0 aromatic heterocycles. The van der Waals surface area contributed by atoms with Crippen LogP contribution in [-0.2, 0) is 4.74 Å². The zero-order valence-corrected chi connectivity index (χ0v) is 20.2. The monoisotopic (exact) mass is 422 g/mol. The predicted molar refractivity (Wildman–Crippen MR) is 121 cm³/mol. The summed E-state index contributed by atoms with van der Waals surface area (Å²) in [5, 5.41) is 0. The summed E-state index contributed by atoms with van der Waals surface area (Å²) in [7, 11) is -3.67. The number of halogens is 3. The minimum atomic E-state index is -3.67. The summed E-state index contributed by atoms with van der Waals surface area (Å²) in [6.45, 7) is 26.4. The predicted octanol–water partition coefficient (Wildman–Crippen LogP) is 7.35. The Hall–Kier alpha value is -0.735. The normalized spacial score (nSPS) is 14.0. The van der Waals surface area contributed by atoms with E-state index in [4.69, 9.17) is 17.0 Å². The average Bonchev–Trinajstić information content (AvgIpc) is 3.24. The van der Waals surface area contributed by atoms with Crippen molar-refractivity contribution in [2.75, 3.05) is 19.8 Å². The maximum atomic E-state index is 9.67. The average molecular weight is 422 g/mol. The van der Waals surface area contributed by atoms with Gasteiger partial charge in [0.2, 0.25) is 6.54 Å². The van der Waals surface area contributed by atoms with Gasteiger partial charge in [-0.1, -0.05) is 48.0 Å². The molecule has 0 saturated heterocycles. The van der Waals surface area contributed by atoms with Gasteiger partial charge in [-0.3, -0.25) is 12.9 Å². The van der Waals surface area contributed by atoms with Crippen LogP contribution in [0.4, 0.5) is 12.9 Å². The lowest BCUT2D eigenvalue weighted by atomic mass is 9.89. The summed E-state index contributed by atoms with van der Waals surface area (Å²) in [4.78, 5) is 3.29. The molecule has 1 rings (SSSR count). The van der Waals surface area contributed by atoms with E-state index in [1.807, 2.05) is 13.8 Å². The number of nitrogens with two attached hydrogens (primary N) is 1. The second-order valence-corrected chi connectivity index (χ2v) is 9.85. The molecular formula is C22H46BF3N2O. The first-order chi connectivity index (χ1) is 13.1. The van der Waals surface area contributed by atoms with E-state index in [1.54, 1.807) is 0 Å². The fraction of sp³-hybridized carbons (Fsp3) is 0.955. The topological polar surface area (TPSA) is 39.6 Å². The van der Waals surface area contributed by atoms with Gasteiger partial charge in [0.1, 0.15) is 0 Å². The van der Waals surface area contributed by atoms with Gasteiger partial charge in [0.15, 0.2) is 0 Å². The molecule has 0 aliphatic heterocycles. The van der Waals surface area contributed by atoms with Crippen molar-refractivity contribution in [2.45, 2.75) is 106 Å². The number of hydrogen-bond donors (Lipinski definition) is 1. The summed E-state index contributed by atoms with van der Waals surface area (Å²) < 4.78 is 33.8. The SMILES string of the molecule is CC(C)(C)CCCC1(N)CC1.CCOCC.FB(F)F.[C-]#[N+]CCCC(C)(C)C. The molecule has 0 atom stereocenters. The standard InChI is InChI=1S/C10H21N.C8H15N.C4H10O.BF3/c1-9(2,3)5-4-6-10(11)7-8-10;1-8(2,3)6-5-7-9-4;1-3-5-4-2;2-1(3)4/h4-8,11H2,1-3H3;5-7H2,1-3H3;3-4H2,1-2H3;. The Morgan fingerprint density at radius 2 is 1.31 bits per heavy atom. The van der Waals surface area contributed by atoms with Crippen LogP contribution in [0.3, 0.4) is 0 Å². The van der Waals surface area contributed by atoms with E-state index in [0.29, 0.717) is 17.4 Å². The second-order valence-electron chi connectivity index (χ2n) is 9.85. The van der Waals surface area contributed by atoms with Crippen molar-refractivity contribution in [3.8, 4) is 0 Å². The van der Waals surface area contributed by atoms with Crippen molar-refractivity contribution < 1.29 is 17.7 Å². The van der Waals surface area contributed by atoms with Crippen molar-refractivity contribution in [3.63, 3.8) is 0 Å². The van der Waals surface area contributed by atoms with E-state index in [-0.39, 0.29) is 5.54 Å². The molecule has 174 valence electrons. The Morgan fingerprint density at radius 3 is 1.55 bits per heavy atom. The van der Waals surface area contributed by atoms with Crippen LogP contribution in [0.25, 0.3) is 4.85 Å². The highest BCUT2D eigenvalue weighted by molar-refractivity contribution is 6.33. The van der Waals surface area contributed by atoms with E-state index >= 15 is 0 Å². The molecule has 29 heavy (non-hydrogen) atoms. The molecule has 1 fully saturated rings. The fourth-order valence-corrected chi connectivity index (χ4v) is 2.27. The Bertz CT molecular complexity index is 388. The lowest BCUT2D eigenvalue weighted by molar-refractivity contribution is 0.162. The summed E-state index contributed by atoms with van der Waals surface area (Å²) in [5.74, 6) is 0. The van der Waals surface area contributed by atoms with E-state index in [9.17, 15) is 12.9 Å². The molecular weight excluding hydrogens is 376 g/mol. The second kappa shape index (κ2) is 18.1. The van der Waals surface area contributed by atoms with Gasteiger partial charge >= 0.3 is 7.54 Å². The van der Waals surface area contributed by atoms with Gasteiger partial charge in [-0.25, -0.2) is 6.57 Å². The van der Waals surface area contributed by atoms with Crippen LogP contribution < -0.4 is 5.73 Å². The first-order valence-corrected chi connectivity index (χ1v) is 10.7. The van der Waals surface area contributed by atoms with Crippen LogP contribution in [0.15, 0.2) is 0 Å². The molecule has 0 amide bonds. The lowest BCUT2D eigenvalue weighted by Crippen LogP contribution is -2.21. The molecule has 7 heteroatoms. The molecule has 2 N–H and O–H groups in total. The third kappa shape index (κ3) is 42.4. The minimum absolute atomic E-state index is 0.269. The maximum absolute atomic E-state index is 9.67. The van der Waals surface area contributed by atoms with Gasteiger partial charge in [-0.2, -0.15) is 0 Å².